The lowest BCUT2D eigenvalue weighted by Crippen LogP contribution is -2.30. The van der Waals surface area contributed by atoms with E-state index in [0.29, 0.717) is 0 Å². The Bertz CT molecular complexity index is 302. The lowest BCUT2D eigenvalue weighted by atomic mass is 10.1. The summed E-state index contributed by atoms with van der Waals surface area (Å²) in [6, 6.07) is 0. The molecule has 1 rings (SSSR count). The third kappa shape index (κ3) is 2.07. The predicted octanol–water partition coefficient (Wildman–Crippen LogP) is 3.91. The normalized spacial score (nSPS) is 33.3. The number of aliphatic hydroxyl groups is 1. The second-order valence-electron chi connectivity index (χ2n) is 2.37. The molecule has 0 aromatic carbocycles. The molecule has 0 aromatic heterocycles. The molecule has 0 saturated heterocycles. The van der Waals surface area contributed by atoms with Crippen molar-refractivity contribution in [2.24, 2.45) is 0 Å². The van der Waals surface area contributed by atoms with E-state index in [1.165, 1.54) is 0 Å². The molecule has 1 atom stereocenters. The van der Waals surface area contributed by atoms with E-state index >= 15 is 0 Å². The molecule has 13 heavy (non-hydrogen) atoms. The lowest BCUT2D eigenvalue weighted by Gasteiger charge is -2.29. The molecular formula is C6H2Cl6O. The first-order valence-corrected chi connectivity index (χ1v) is 5.20. The highest BCUT2D eigenvalue weighted by Gasteiger charge is 2.45. The Hall–Kier alpha value is 1.18. The first-order chi connectivity index (χ1) is 5.69. The zero-order valence-electron chi connectivity index (χ0n) is 5.79. The number of halogens is 6. The Labute approximate surface area is 105 Å². The second kappa shape index (κ2) is 3.64. The van der Waals surface area contributed by atoms with Gasteiger partial charge in [0.15, 0.2) is 9.39 Å². The van der Waals surface area contributed by atoms with E-state index in [2.05, 4.69) is 0 Å². The van der Waals surface area contributed by atoms with Gasteiger partial charge in [0.05, 0.1) is 15.1 Å². The summed E-state index contributed by atoms with van der Waals surface area (Å²) in [5.74, 6) is 0. The van der Waals surface area contributed by atoms with Crippen LogP contribution in [-0.2, 0) is 0 Å². The maximum absolute atomic E-state index is 9.43. The van der Waals surface area contributed by atoms with Crippen molar-refractivity contribution in [3.63, 3.8) is 0 Å². The molecule has 0 radical (unpaired) electrons. The number of hydrogen-bond acceptors (Lipinski definition) is 1. The summed E-state index contributed by atoms with van der Waals surface area (Å²) in [7, 11) is 0. The minimum atomic E-state index is -1.94. The van der Waals surface area contributed by atoms with Crippen LogP contribution in [-0.4, -0.2) is 14.5 Å². The van der Waals surface area contributed by atoms with Gasteiger partial charge in [-0.2, -0.15) is 0 Å². The quantitative estimate of drug-likeness (QED) is 0.673. The van der Waals surface area contributed by atoms with Gasteiger partial charge in [0.25, 0.3) is 0 Å². The van der Waals surface area contributed by atoms with Crippen LogP contribution < -0.4 is 0 Å². The Morgan fingerprint density at radius 1 is 1.00 bits per heavy atom. The van der Waals surface area contributed by atoms with Crippen LogP contribution in [0.2, 0.25) is 0 Å². The second-order valence-corrected chi connectivity index (χ2v) is 5.43. The van der Waals surface area contributed by atoms with Crippen molar-refractivity contribution in [3.8, 4) is 0 Å². The molecule has 0 saturated carbocycles. The summed E-state index contributed by atoms with van der Waals surface area (Å²) in [6.07, 6.45) is 1.02. The molecule has 1 aliphatic rings. The van der Waals surface area contributed by atoms with Gasteiger partial charge < -0.3 is 5.11 Å². The van der Waals surface area contributed by atoms with E-state index in [9.17, 15) is 5.11 Å². The van der Waals surface area contributed by atoms with Crippen LogP contribution in [0.15, 0.2) is 21.2 Å². The molecule has 0 aromatic rings. The molecule has 1 N–H and O–H groups in total. The fourth-order valence-electron chi connectivity index (χ4n) is 0.719. The maximum Gasteiger partial charge on any atom is 0.197 e. The molecule has 0 spiro atoms. The smallest absolute Gasteiger partial charge is 0.197 e. The molecule has 7 heteroatoms. The van der Waals surface area contributed by atoms with Gasteiger partial charge in [-0.15, -0.1) is 0 Å². The Morgan fingerprint density at radius 2 is 1.46 bits per heavy atom. The Kier molecular flexibility index (Phi) is 3.43. The Morgan fingerprint density at radius 3 is 1.92 bits per heavy atom. The highest BCUT2D eigenvalue weighted by Crippen LogP contribution is 2.51. The first kappa shape index (κ1) is 12.3. The number of alkyl halides is 3. The third-order valence-corrected chi connectivity index (χ3v) is 4.40. The van der Waals surface area contributed by atoms with Gasteiger partial charge in [0, 0.05) is 0 Å². The molecular weight excluding hydrogens is 301 g/mol. The zero-order valence-corrected chi connectivity index (χ0v) is 10.3. The maximum atomic E-state index is 9.43. The number of hydrogen-bond donors (Lipinski definition) is 1. The fourth-order valence-corrected chi connectivity index (χ4v) is 2.16. The topological polar surface area (TPSA) is 20.2 Å². The molecule has 0 aliphatic heterocycles. The van der Waals surface area contributed by atoms with Crippen LogP contribution in [0.1, 0.15) is 0 Å². The molecule has 1 nitrogen and oxygen atoms in total. The van der Waals surface area contributed by atoms with E-state index in [4.69, 9.17) is 69.6 Å². The van der Waals surface area contributed by atoms with Crippen LogP contribution in [0.25, 0.3) is 0 Å². The van der Waals surface area contributed by atoms with E-state index in [-0.39, 0.29) is 15.1 Å². The van der Waals surface area contributed by atoms with Crippen molar-refractivity contribution in [3.05, 3.63) is 21.2 Å². The molecule has 0 amide bonds. The average Bonchev–Trinajstić information content (AvgIpc) is 1.98. The summed E-state index contributed by atoms with van der Waals surface area (Å²) in [5.41, 5.74) is 0. The standard InChI is InChI=1S/C6H2Cl6O/c7-2-1-5(10,13)3(8)4(9)6(2,11)12/h1,13H. The van der Waals surface area contributed by atoms with Crippen LogP contribution in [0, 0.1) is 0 Å². The lowest BCUT2D eigenvalue weighted by molar-refractivity contribution is 0.222. The largest absolute Gasteiger partial charge is 0.367 e. The molecule has 0 fully saturated rings. The first-order valence-electron chi connectivity index (χ1n) is 2.93. The van der Waals surface area contributed by atoms with E-state index in [1.807, 2.05) is 0 Å². The predicted molar refractivity (Wildman–Crippen MR) is 57.9 cm³/mol. The summed E-state index contributed by atoms with van der Waals surface area (Å²) in [4.78, 5) is 0. The van der Waals surface area contributed by atoms with E-state index in [0.717, 1.165) is 6.08 Å². The van der Waals surface area contributed by atoms with E-state index in [1.54, 1.807) is 0 Å². The minimum absolute atomic E-state index is 0.0947. The average molecular weight is 303 g/mol. The summed E-state index contributed by atoms with van der Waals surface area (Å²) < 4.78 is -1.64. The van der Waals surface area contributed by atoms with Crippen molar-refractivity contribution < 1.29 is 5.11 Å². The van der Waals surface area contributed by atoms with E-state index < -0.39 is 9.39 Å². The monoisotopic (exact) mass is 300 g/mol. The Balaban J connectivity index is 3.30. The van der Waals surface area contributed by atoms with Crippen molar-refractivity contribution in [1.29, 1.82) is 0 Å². The van der Waals surface area contributed by atoms with Gasteiger partial charge in [-0.05, 0) is 6.08 Å². The minimum Gasteiger partial charge on any atom is -0.367 e. The molecule has 74 valence electrons. The highest BCUT2D eigenvalue weighted by molar-refractivity contribution is 6.64. The number of rotatable bonds is 0. The highest BCUT2D eigenvalue weighted by atomic mass is 35.5. The van der Waals surface area contributed by atoms with Crippen molar-refractivity contribution in [1.82, 2.24) is 0 Å². The van der Waals surface area contributed by atoms with Crippen LogP contribution in [0.4, 0.5) is 0 Å². The molecule has 1 unspecified atom stereocenters. The van der Waals surface area contributed by atoms with Crippen LogP contribution >= 0.6 is 69.6 Å². The van der Waals surface area contributed by atoms with Gasteiger partial charge in [0.2, 0.25) is 0 Å². The SMILES string of the molecule is OC1(Cl)C=C(Cl)C(Cl)(Cl)C(Cl)=C1Cl. The van der Waals surface area contributed by atoms with Crippen molar-refractivity contribution >= 4 is 69.6 Å². The summed E-state index contributed by atoms with van der Waals surface area (Å²) in [6.45, 7) is 0. The third-order valence-electron chi connectivity index (χ3n) is 1.39. The van der Waals surface area contributed by atoms with Gasteiger partial charge >= 0.3 is 0 Å². The van der Waals surface area contributed by atoms with Crippen LogP contribution in [0.3, 0.4) is 0 Å². The number of allylic oxidation sites excluding steroid dienone is 2. The fraction of sp³-hybridized carbons (Fsp3) is 0.333. The van der Waals surface area contributed by atoms with Gasteiger partial charge in [-0.1, -0.05) is 69.6 Å². The summed E-state index contributed by atoms with van der Waals surface area (Å²) in [5, 5.41) is 6.93. The molecule has 0 bridgehead atoms. The van der Waals surface area contributed by atoms with Crippen molar-refractivity contribution in [2.45, 2.75) is 9.39 Å². The van der Waals surface area contributed by atoms with Gasteiger partial charge in [-0.3, -0.25) is 0 Å². The van der Waals surface area contributed by atoms with Crippen molar-refractivity contribution in [2.75, 3.05) is 0 Å². The summed E-state index contributed by atoms with van der Waals surface area (Å²) >= 11 is 33.9. The van der Waals surface area contributed by atoms with Crippen LogP contribution in [0.5, 0.6) is 0 Å². The van der Waals surface area contributed by atoms with Gasteiger partial charge in [0.1, 0.15) is 0 Å². The van der Waals surface area contributed by atoms with Gasteiger partial charge in [-0.25, -0.2) is 0 Å². The molecule has 1 aliphatic carbocycles. The zero-order chi connectivity index (χ0) is 10.4. The molecule has 0 heterocycles.